The smallest absolute Gasteiger partial charge is 0.323 e. The Morgan fingerprint density at radius 1 is 1.73 bits per heavy atom. The number of hydrogen-bond donors (Lipinski definition) is 0. The molecule has 0 amide bonds. The van der Waals surface area contributed by atoms with Gasteiger partial charge in [0.15, 0.2) is 0 Å². The summed E-state index contributed by atoms with van der Waals surface area (Å²) in [6.07, 6.45) is 0.850. The zero-order valence-corrected chi connectivity index (χ0v) is 8.30. The van der Waals surface area contributed by atoms with E-state index in [1.807, 2.05) is 11.9 Å². The Morgan fingerprint density at radius 3 is 2.73 bits per heavy atom. The molecule has 1 fully saturated rings. The van der Waals surface area contributed by atoms with Gasteiger partial charge < -0.3 is 4.74 Å². The summed E-state index contributed by atoms with van der Waals surface area (Å²) in [5.74, 6) is -0.130. The van der Waals surface area contributed by atoms with Crippen LogP contribution in [0.1, 0.15) is 6.42 Å². The average Bonchev–Trinajstić information content (AvgIpc) is 2.28. The number of likely N-dealkylation sites (tertiary alicyclic amines) is 1. The summed E-state index contributed by atoms with van der Waals surface area (Å²) in [6.45, 7) is 0.916. The number of nitrogens with zero attached hydrogens (tertiary/aromatic N) is 1. The molecule has 0 aromatic heterocycles. The number of methoxy groups -OCH3 is 1. The predicted octanol–water partition coefficient (Wildman–Crippen LogP) is 0.627. The van der Waals surface area contributed by atoms with Gasteiger partial charge in [0, 0.05) is 11.4 Å². The Bertz CT molecular complexity index is 163. The predicted molar refractivity (Wildman–Crippen MR) is 45.8 cm³/mol. The zero-order valence-electron chi connectivity index (χ0n) is 6.71. The minimum Gasteiger partial charge on any atom is -0.468 e. The average molecular weight is 222 g/mol. The van der Waals surface area contributed by atoms with E-state index in [1.165, 1.54) is 7.11 Å². The third-order valence-electron chi connectivity index (χ3n) is 1.97. The largest absolute Gasteiger partial charge is 0.468 e. The van der Waals surface area contributed by atoms with Gasteiger partial charge >= 0.3 is 5.97 Å². The van der Waals surface area contributed by atoms with Crippen LogP contribution in [0.15, 0.2) is 0 Å². The molecule has 0 radical (unpaired) electrons. The van der Waals surface area contributed by atoms with Crippen LogP contribution in [0.2, 0.25) is 0 Å². The highest BCUT2D eigenvalue weighted by atomic mass is 79.9. The van der Waals surface area contributed by atoms with Crippen molar-refractivity contribution in [2.75, 3.05) is 20.7 Å². The maximum atomic E-state index is 11.1. The lowest BCUT2D eigenvalue weighted by molar-refractivity contribution is -0.145. The molecule has 0 N–H and O–H groups in total. The standard InChI is InChI=1S/C7H12BrNO2/c1-9-4-5(8)3-6(9)7(10)11-2/h5-6H,3-4H2,1-2H3/t5-,6+/m1/s1. The van der Waals surface area contributed by atoms with Crippen molar-refractivity contribution in [1.29, 1.82) is 0 Å². The van der Waals surface area contributed by atoms with Gasteiger partial charge in [0.2, 0.25) is 0 Å². The van der Waals surface area contributed by atoms with Gasteiger partial charge in [-0.3, -0.25) is 9.69 Å². The molecule has 3 nitrogen and oxygen atoms in total. The van der Waals surface area contributed by atoms with E-state index in [0.717, 1.165) is 13.0 Å². The van der Waals surface area contributed by atoms with Gasteiger partial charge in [0.25, 0.3) is 0 Å². The first-order valence-electron chi connectivity index (χ1n) is 3.57. The molecule has 2 atom stereocenters. The summed E-state index contributed by atoms with van der Waals surface area (Å²) in [4.78, 5) is 13.5. The lowest BCUT2D eigenvalue weighted by Crippen LogP contribution is -2.33. The molecule has 0 bridgehead atoms. The highest BCUT2D eigenvalue weighted by Crippen LogP contribution is 2.22. The van der Waals surface area contributed by atoms with Crippen molar-refractivity contribution < 1.29 is 9.53 Å². The summed E-state index contributed by atoms with van der Waals surface area (Å²) in [5, 5.41) is 0. The van der Waals surface area contributed by atoms with Gasteiger partial charge in [0.05, 0.1) is 7.11 Å². The molecule has 4 heteroatoms. The summed E-state index contributed by atoms with van der Waals surface area (Å²) >= 11 is 3.47. The van der Waals surface area contributed by atoms with E-state index in [1.54, 1.807) is 0 Å². The summed E-state index contributed by atoms with van der Waals surface area (Å²) in [6, 6.07) is -0.0515. The minimum atomic E-state index is -0.130. The lowest BCUT2D eigenvalue weighted by atomic mass is 10.2. The van der Waals surface area contributed by atoms with Crippen molar-refractivity contribution in [1.82, 2.24) is 4.90 Å². The van der Waals surface area contributed by atoms with Gasteiger partial charge in [-0.25, -0.2) is 0 Å². The first-order valence-corrected chi connectivity index (χ1v) is 4.49. The van der Waals surface area contributed by atoms with Gasteiger partial charge in [-0.15, -0.1) is 0 Å². The quantitative estimate of drug-likeness (QED) is 0.481. The Morgan fingerprint density at radius 2 is 2.36 bits per heavy atom. The van der Waals surface area contributed by atoms with Gasteiger partial charge in [-0.1, -0.05) is 15.9 Å². The summed E-state index contributed by atoms with van der Waals surface area (Å²) < 4.78 is 4.65. The van der Waals surface area contributed by atoms with Crippen LogP contribution in [0.5, 0.6) is 0 Å². The molecule has 0 unspecified atom stereocenters. The van der Waals surface area contributed by atoms with Crippen molar-refractivity contribution in [3.63, 3.8) is 0 Å². The monoisotopic (exact) mass is 221 g/mol. The maximum Gasteiger partial charge on any atom is 0.323 e. The molecule has 0 saturated carbocycles. The fraction of sp³-hybridized carbons (Fsp3) is 0.857. The van der Waals surface area contributed by atoms with E-state index in [4.69, 9.17) is 0 Å². The molecular formula is C7H12BrNO2. The van der Waals surface area contributed by atoms with Crippen molar-refractivity contribution >= 4 is 21.9 Å². The van der Waals surface area contributed by atoms with Gasteiger partial charge in [-0.05, 0) is 13.5 Å². The molecule has 1 heterocycles. The van der Waals surface area contributed by atoms with E-state index in [0.29, 0.717) is 4.83 Å². The van der Waals surface area contributed by atoms with Crippen molar-refractivity contribution in [3.05, 3.63) is 0 Å². The zero-order chi connectivity index (χ0) is 8.43. The first kappa shape index (κ1) is 9.00. The number of hydrogen-bond acceptors (Lipinski definition) is 3. The second-order valence-corrected chi connectivity index (χ2v) is 4.11. The van der Waals surface area contributed by atoms with Crippen LogP contribution in [0.3, 0.4) is 0 Å². The van der Waals surface area contributed by atoms with Crippen LogP contribution in [0.4, 0.5) is 0 Å². The second-order valence-electron chi connectivity index (χ2n) is 2.81. The molecule has 0 aliphatic carbocycles. The molecule has 1 rings (SSSR count). The van der Waals surface area contributed by atoms with Crippen molar-refractivity contribution in [2.45, 2.75) is 17.3 Å². The number of ether oxygens (including phenoxy) is 1. The van der Waals surface area contributed by atoms with Crippen molar-refractivity contribution in [2.24, 2.45) is 0 Å². The van der Waals surface area contributed by atoms with E-state index in [9.17, 15) is 4.79 Å². The number of halogens is 1. The first-order chi connectivity index (χ1) is 5.15. The Balaban J connectivity index is 2.52. The van der Waals surface area contributed by atoms with Crippen LogP contribution < -0.4 is 0 Å². The summed E-state index contributed by atoms with van der Waals surface area (Å²) in [5.41, 5.74) is 0. The number of carbonyl (C=O) groups is 1. The SMILES string of the molecule is COC(=O)[C@@H]1C[C@@H](Br)CN1C. The topological polar surface area (TPSA) is 29.5 Å². The van der Waals surface area contributed by atoms with Crippen LogP contribution in [0, 0.1) is 0 Å². The molecule has 0 aromatic carbocycles. The fourth-order valence-corrected chi connectivity index (χ4v) is 2.16. The lowest BCUT2D eigenvalue weighted by Gasteiger charge is -2.15. The van der Waals surface area contributed by atoms with Crippen LogP contribution in [-0.4, -0.2) is 42.4 Å². The molecule has 0 spiro atoms. The summed E-state index contributed by atoms with van der Waals surface area (Å²) in [7, 11) is 3.36. The molecule has 1 aliphatic heterocycles. The Kier molecular flexibility index (Phi) is 2.90. The third-order valence-corrected chi connectivity index (χ3v) is 2.63. The van der Waals surface area contributed by atoms with Crippen molar-refractivity contribution in [3.8, 4) is 0 Å². The van der Waals surface area contributed by atoms with Crippen LogP contribution >= 0.6 is 15.9 Å². The van der Waals surface area contributed by atoms with E-state index in [2.05, 4.69) is 20.7 Å². The molecule has 0 aromatic rings. The van der Waals surface area contributed by atoms with Gasteiger partial charge in [0.1, 0.15) is 6.04 Å². The number of carbonyl (C=O) groups excluding carboxylic acids is 1. The Labute approximate surface area is 74.8 Å². The number of alkyl halides is 1. The maximum absolute atomic E-state index is 11.1. The van der Waals surface area contributed by atoms with E-state index < -0.39 is 0 Å². The Hall–Kier alpha value is -0.0900. The molecule has 11 heavy (non-hydrogen) atoms. The van der Waals surface area contributed by atoms with Crippen LogP contribution in [-0.2, 0) is 9.53 Å². The van der Waals surface area contributed by atoms with E-state index >= 15 is 0 Å². The number of rotatable bonds is 1. The molecule has 1 aliphatic rings. The normalized spacial score (nSPS) is 32.3. The fourth-order valence-electron chi connectivity index (χ4n) is 1.35. The highest BCUT2D eigenvalue weighted by molar-refractivity contribution is 9.09. The minimum absolute atomic E-state index is 0.0515. The number of likely N-dealkylation sites (N-methyl/N-ethyl adjacent to an activating group) is 1. The van der Waals surface area contributed by atoms with Crippen LogP contribution in [0.25, 0.3) is 0 Å². The number of esters is 1. The highest BCUT2D eigenvalue weighted by Gasteiger charge is 2.33. The molecule has 1 saturated heterocycles. The van der Waals surface area contributed by atoms with E-state index in [-0.39, 0.29) is 12.0 Å². The van der Waals surface area contributed by atoms with Gasteiger partial charge in [-0.2, -0.15) is 0 Å². The third kappa shape index (κ3) is 1.93. The molecular weight excluding hydrogens is 210 g/mol. The second kappa shape index (κ2) is 3.54. The molecule has 64 valence electrons.